The first kappa shape index (κ1) is 22.3. The van der Waals surface area contributed by atoms with Crippen molar-refractivity contribution in [1.82, 2.24) is 24.5 Å². The number of anilines is 2. The fourth-order valence-electron chi connectivity index (χ4n) is 4.23. The number of hydrogen-bond acceptors (Lipinski definition) is 5. The first-order chi connectivity index (χ1) is 16.6. The van der Waals surface area contributed by atoms with Crippen LogP contribution in [-0.2, 0) is 6.54 Å². The van der Waals surface area contributed by atoms with Crippen molar-refractivity contribution in [3.63, 3.8) is 0 Å². The van der Waals surface area contributed by atoms with E-state index < -0.39 is 0 Å². The zero-order valence-corrected chi connectivity index (χ0v) is 20.5. The Bertz CT molecular complexity index is 1290. The minimum Gasteiger partial charge on any atom is -0.366 e. The molecule has 2 N–H and O–H groups in total. The van der Waals surface area contributed by atoms with Gasteiger partial charge in [0.25, 0.3) is 0 Å². The van der Waals surface area contributed by atoms with Crippen LogP contribution >= 0.6 is 15.9 Å². The van der Waals surface area contributed by atoms with Gasteiger partial charge in [0.1, 0.15) is 5.82 Å². The molecule has 4 aromatic rings. The van der Waals surface area contributed by atoms with Gasteiger partial charge in [-0.05, 0) is 59.5 Å². The topological polar surface area (TPSA) is 87.5 Å². The smallest absolute Gasteiger partial charge is 0.321 e. The number of likely N-dealkylation sites (tertiary alicyclic amines) is 1. The molecule has 0 spiro atoms. The molecule has 1 fully saturated rings. The van der Waals surface area contributed by atoms with Gasteiger partial charge in [0, 0.05) is 49.7 Å². The number of nitrogens with one attached hydrogen (secondary N) is 2. The highest BCUT2D eigenvalue weighted by molar-refractivity contribution is 9.10. The zero-order chi connectivity index (χ0) is 23.5. The number of pyridine rings is 1. The Morgan fingerprint density at radius 1 is 1.21 bits per heavy atom. The lowest BCUT2D eigenvalue weighted by molar-refractivity contribution is 0.192. The van der Waals surface area contributed by atoms with Gasteiger partial charge < -0.3 is 15.5 Å². The van der Waals surface area contributed by atoms with Crippen molar-refractivity contribution in [2.24, 2.45) is 0 Å². The van der Waals surface area contributed by atoms with Gasteiger partial charge in [-0.2, -0.15) is 9.61 Å². The molecule has 0 saturated carbocycles. The van der Waals surface area contributed by atoms with Crippen LogP contribution in [-0.4, -0.2) is 43.6 Å². The van der Waals surface area contributed by atoms with Crippen molar-refractivity contribution in [1.29, 1.82) is 0 Å². The van der Waals surface area contributed by atoms with Gasteiger partial charge in [-0.1, -0.05) is 23.8 Å². The maximum atomic E-state index is 12.9. The lowest BCUT2D eigenvalue weighted by atomic mass is 9.94. The van der Waals surface area contributed by atoms with E-state index in [9.17, 15) is 4.79 Å². The summed E-state index contributed by atoms with van der Waals surface area (Å²) >= 11 is 3.57. The Morgan fingerprint density at radius 2 is 2.06 bits per heavy atom. The highest BCUT2D eigenvalue weighted by Crippen LogP contribution is 2.30. The molecule has 174 valence electrons. The Balaban J connectivity index is 1.35. The van der Waals surface area contributed by atoms with Gasteiger partial charge >= 0.3 is 6.03 Å². The number of hydrogen-bond donors (Lipinski definition) is 2. The molecule has 1 aliphatic heterocycles. The van der Waals surface area contributed by atoms with Crippen LogP contribution in [0.1, 0.15) is 35.6 Å². The molecule has 9 heteroatoms. The quantitative estimate of drug-likeness (QED) is 0.377. The lowest BCUT2D eigenvalue weighted by Gasteiger charge is -2.32. The summed E-state index contributed by atoms with van der Waals surface area (Å²) in [7, 11) is 0. The van der Waals surface area contributed by atoms with Crippen molar-refractivity contribution in [3.05, 3.63) is 82.3 Å². The Kier molecular flexibility index (Phi) is 6.44. The van der Waals surface area contributed by atoms with E-state index in [4.69, 9.17) is 4.98 Å². The highest BCUT2D eigenvalue weighted by atomic mass is 79.9. The molecule has 8 nitrogen and oxygen atoms in total. The molecule has 0 aliphatic carbocycles. The predicted octanol–water partition coefficient (Wildman–Crippen LogP) is 5.22. The molecule has 4 heterocycles. The normalized spacial score (nSPS) is 15.9. The van der Waals surface area contributed by atoms with E-state index in [0.29, 0.717) is 13.1 Å². The summed E-state index contributed by atoms with van der Waals surface area (Å²) in [5, 5.41) is 11.0. The van der Waals surface area contributed by atoms with Gasteiger partial charge in [-0.15, -0.1) is 0 Å². The molecule has 0 radical (unpaired) electrons. The number of aromatic nitrogens is 4. The van der Waals surface area contributed by atoms with Crippen molar-refractivity contribution < 1.29 is 4.79 Å². The Morgan fingerprint density at radius 3 is 2.85 bits per heavy atom. The van der Waals surface area contributed by atoms with Crippen LogP contribution in [0.2, 0.25) is 0 Å². The summed E-state index contributed by atoms with van der Waals surface area (Å²) in [6, 6.07) is 13.8. The molecular formula is C25H26BrN7O. The average Bonchev–Trinajstić information content (AvgIpc) is 3.25. The fourth-order valence-corrected chi connectivity index (χ4v) is 4.58. The second kappa shape index (κ2) is 9.80. The van der Waals surface area contributed by atoms with Crippen LogP contribution in [0.4, 0.5) is 16.3 Å². The standard InChI is InChI=1S/C25H26BrN7O/c1-17-6-8-20(9-7-17)30-25(34)32-11-3-5-19(16-32)22-12-23(28-14-18-4-2-10-27-13-18)33-24(31-22)21(26)15-29-33/h2,4,6-10,12-13,15,19,28H,3,5,11,14,16H2,1H3,(H,30,34). The largest absolute Gasteiger partial charge is 0.366 e. The van der Waals surface area contributed by atoms with Gasteiger partial charge in [0.15, 0.2) is 5.65 Å². The third-order valence-electron chi connectivity index (χ3n) is 6.07. The van der Waals surface area contributed by atoms with E-state index in [1.165, 1.54) is 0 Å². The van der Waals surface area contributed by atoms with Gasteiger partial charge in [-0.25, -0.2) is 9.78 Å². The van der Waals surface area contributed by atoms with Gasteiger partial charge in [0.2, 0.25) is 0 Å². The number of nitrogens with zero attached hydrogens (tertiary/aromatic N) is 5. The molecule has 1 atom stereocenters. The summed E-state index contributed by atoms with van der Waals surface area (Å²) in [6.07, 6.45) is 7.27. The van der Waals surface area contributed by atoms with Crippen LogP contribution in [0.5, 0.6) is 0 Å². The molecule has 2 amide bonds. The SMILES string of the molecule is Cc1ccc(NC(=O)N2CCCC(c3cc(NCc4cccnc4)n4ncc(Br)c4n3)C2)cc1. The number of aryl methyl sites for hydroxylation is 1. The van der Waals surface area contributed by atoms with Gasteiger partial charge in [0.05, 0.1) is 16.4 Å². The summed E-state index contributed by atoms with van der Waals surface area (Å²) in [5.74, 6) is 0.999. The molecule has 1 aromatic carbocycles. The monoisotopic (exact) mass is 519 g/mol. The number of carbonyl (C=O) groups excluding carboxylic acids is 1. The van der Waals surface area contributed by atoms with Crippen LogP contribution in [0.3, 0.4) is 0 Å². The maximum absolute atomic E-state index is 12.9. The molecule has 0 bridgehead atoms. The van der Waals surface area contributed by atoms with E-state index in [0.717, 1.165) is 57.8 Å². The molecule has 5 rings (SSSR count). The lowest BCUT2D eigenvalue weighted by Crippen LogP contribution is -2.41. The summed E-state index contributed by atoms with van der Waals surface area (Å²) in [4.78, 5) is 23.9. The van der Waals surface area contributed by atoms with E-state index in [2.05, 4.69) is 42.7 Å². The zero-order valence-electron chi connectivity index (χ0n) is 18.9. The predicted molar refractivity (Wildman–Crippen MR) is 136 cm³/mol. The number of carbonyl (C=O) groups is 1. The van der Waals surface area contributed by atoms with Gasteiger partial charge in [-0.3, -0.25) is 4.98 Å². The number of urea groups is 1. The minimum atomic E-state index is -0.0740. The third-order valence-corrected chi connectivity index (χ3v) is 6.63. The second-order valence-electron chi connectivity index (χ2n) is 8.59. The van der Waals surface area contributed by atoms with Crippen molar-refractivity contribution in [3.8, 4) is 0 Å². The van der Waals surface area contributed by atoms with Crippen molar-refractivity contribution in [2.75, 3.05) is 23.7 Å². The number of rotatable bonds is 5. The van der Waals surface area contributed by atoms with Crippen molar-refractivity contribution in [2.45, 2.75) is 32.2 Å². The van der Waals surface area contributed by atoms with E-state index in [-0.39, 0.29) is 11.9 Å². The summed E-state index contributed by atoms with van der Waals surface area (Å²) in [6.45, 7) is 4.01. The third kappa shape index (κ3) is 4.89. The van der Waals surface area contributed by atoms with E-state index in [1.54, 1.807) is 16.9 Å². The Labute approximate surface area is 206 Å². The number of amides is 2. The number of piperidine rings is 1. The molecule has 34 heavy (non-hydrogen) atoms. The van der Waals surface area contributed by atoms with E-state index >= 15 is 0 Å². The Hall–Kier alpha value is -3.46. The van der Waals surface area contributed by atoms with E-state index in [1.807, 2.05) is 54.4 Å². The molecule has 1 saturated heterocycles. The molecule has 1 aliphatic rings. The van der Waals surface area contributed by atoms with Crippen LogP contribution < -0.4 is 10.6 Å². The summed E-state index contributed by atoms with van der Waals surface area (Å²) < 4.78 is 2.64. The van der Waals surface area contributed by atoms with Crippen molar-refractivity contribution >= 4 is 39.1 Å². The first-order valence-corrected chi connectivity index (χ1v) is 12.2. The second-order valence-corrected chi connectivity index (χ2v) is 9.44. The molecule has 1 unspecified atom stereocenters. The summed E-state index contributed by atoms with van der Waals surface area (Å²) in [5.41, 5.74) is 4.76. The number of halogens is 1. The molecular weight excluding hydrogens is 494 g/mol. The number of fused-ring (bicyclic) bond motifs is 1. The minimum absolute atomic E-state index is 0.0740. The fraction of sp³-hybridized carbons (Fsp3) is 0.280. The van der Waals surface area contributed by atoms with Crippen LogP contribution in [0.15, 0.2) is 65.5 Å². The first-order valence-electron chi connectivity index (χ1n) is 11.4. The van der Waals surface area contributed by atoms with Crippen LogP contribution in [0, 0.1) is 6.92 Å². The number of benzene rings is 1. The average molecular weight is 520 g/mol. The maximum Gasteiger partial charge on any atom is 0.321 e. The van der Waals surface area contributed by atoms with Crippen LogP contribution in [0.25, 0.3) is 5.65 Å². The highest BCUT2D eigenvalue weighted by Gasteiger charge is 2.27. The molecule has 3 aromatic heterocycles.